The van der Waals surface area contributed by atoms with E-state index in [9.17, 15) is 14.9 Å². The van der Waals surface area contributed by atoms with Crippen molar-refractivity contribution >= 4 is 34.9 Å². The number of nitro groups is 1. The van der Waals surface area contributed by atoms with E-state index >= 15 is 0 Å². The summed E-state index contributed by atoms with van der Waals surface area (Å²) in [7, 11) is 1.35. The van der Waals surface area contributed by atoms with E-state index in [1.165, 1.54) is 26.2 Å². The van der Waals surface area contributed by atoms with Crippen LogP contribution in [0.25, 0.3) is 11.3 Å². The van der Waals surface area contributed by atoms with Crippen LogP contribution in [0.5, 0.6) is 11.5 Å². The lowest BCUT2D eigenvalue weighted by Gasteiger charge is -2.10. The molecular weight excluding hydrogens is 411 g/mol. The second kappa shape index (κ2) is 7.87. The van der Waals surface area contributed by atoms with Crippen LogP contribution in [0.4, 0.5) is 5.69 Å². The molecule has 8 nitrogen and oxygen atoms in total. The number of aryl methyl sites for hydroxylation is 1. The molecule has 0 unspecified atom stereocenters. The van der Waals surface area contributed by atoms with Gasteiger partial charge in [-0.05, 0) is 25.1 Å². The standard InChI is InChI=1S/C18H12Cl2N2O6/c1-9-15(17(21-28-9)16-11(19)4-3-5-12(16)20)18(23)27-14-8-10(22(24)25)6-7-13(14)26-2/h3-8H,1-2H3. The van der Waals surface area contributed by atoms with Crippen molar-refractivity contribution in [1.29, 1.82) is 0 Å². The van der Waals surface area contributed by atoms with Gasteiger partial charge in [0.1, 0.15) is 17.0 Å². The smallest absolute Gasteiger partial charge is 0.349 e. The Morgan fingerprint density at radius 2 is 1.86 bits per heavy atom. The molecule has 0 amide bonds. The number of benzene rings is 2. The van der Waals surface area contributed by atoms with E-state index < -0.39 is 10.9 Å². The minimum atomic E-state index is -0.858. The van der Waals surface area contributed by atoms with Gasteiger partial charge in [0.2, 0.25) is 0 Å². The molecule has 0 saturated carbocycles. The van der Waals surface area contributed by atoms with E-state index in [2.05, 4.69) is 5.16 Å². The summed E-state index contributed by atoms with van der Waals surface area (Å²) in [5, 5.41) is 15.4. The highest BCUT2D eigenvalue weighted by Gasteiger charge is 2.27. The van der Waals surface area contributed by atoms with Gasteiger partial charge in [0, 0.05) is 11.6 Å². The van der Waals surface area contributed by atoms with Crippen molar-refractivity contribution in [2.75, 3.05) is 7.11 Å². The summed E-state index contributed by atoms with van der Waals surface area (Å²) in [6.45, 7) is 1.52. The lowest BCUT2D eigenvalue weighted by molar-refractivity contribution is -0.384. The van der Waals surface area contributed by atoms with E-state index in [4.69, 9.17) is 37.2 Å². The first-order valence-corrected chi connectivity index (χ1v) is 8.54. The van der Waals surface area contributed by atoms with Gasteiger partial charge in [-0.1, -0.05) is 34.4 Å². The molecule has 28 heavy (non-hydrogen) atoms. The molecule has 10 heteroatoms. The van der Waals surface area contributed by atoms with Gasteiger partial charge >= 0.3 is 5.97 Å². The van der Waals surface area contributed by atoms with E-state index in [1.54, 1.807) is 18.2 Å². The number of esters is 1. The molecular formula is C18H12Cl2N2O6. The van der Waals surface area contributed by atoms with Crippen LogP contribution in [0.1, 0.15) is 16.1 Å². The molecule has 2 aromatic carbocycles. The average Bonchev–Trinajstić information content (AvgIpc) is 3.02. The van der Waals surface area contributed by atoms with Crippen LogP contribution in [-0.2, 0) is 0 Å². The minimum Gasteiger partial charge on any atom is -0.493 e. The van der Waals surface area contributed by atoms with Crippen molar-refractivity contribution in [2.24, 2.45) is 0 Å². The lowest BCUT2D eigenvalue weighted by atomic mass is 10.1. The van der Waals surface area contributed by atoms with E-state index in [-0.39, 0.29) is 44.2 Å². The van der Waals surface area contributed by atoms with Gasteiger partial charge < -0.3 is 14.0 Å². The van der Waals surface area contributed by atoms with E-state index in [1.807, 2.05) is 0 Å². The Kier molecular flexibility index (Phi) is 5.53. The van der Waals surface area contributed by atoms with Crippen molar-refractivity contribution in [3.63, 3.8) is 0 Å². The summed E-state index contributed by atoms with van der Waals surface area (Å²) in [5.41, 5.74) is 0.131. The van der Waals surface area contributed by atoms with Crippen molar-refractivity contribution in [3.8, 4) is 22.8 Å². The number of nitrogens with zero attached hydrogens (tertiary/aromatic N) is 2. The molecule has 0 bridgehead atoms. The molecule has 0 spiro atoms. The fraction of sp³-hybridized carbons (Fsp3) is 0.111. The van der Waals surface area contributed by atoms with Gasteiger partial charge in [-0.3, -0.25) is 10.1 Å². The van der Waals surface area contributed by atoms with Crippen molar-refractivity contribution in [3.05, 3.63) is 67.9 Å². The highest BCUT2D eigenvalue weighted by atomic mass is 35.5. The molecule has 0 fully saturated rings. The molecule has 0 radical (unpaired) electrons. The second-order valence-electron chi connectivity index (χ2n) is 5.54. The van der Waals surface area contributed by atoms with Crippen molar-refractivity contribution in [2.45, 2.75) is 6.92 Å². The molecule has 1 heterocycles. The van der Waals surface area contributed by atoms with Gasteiger partial charge in [-0.15, -0.1) is 0 Å². The second-order valence-corrected chi connectivity index (χ2v) is 6.36. The Bertz CT molecular complexity index is 1060. The number of hydrogen-bond acceptors (Lipinski definition) is 7. The fourth-order valence-corrected chi connectivity index (χ4v) is 3.09. The quantitative estimate of drug-likeness (QED) is 0.244. The highest BCUT2D eigenvalue weighted by molar-refractivity contribution is 6.39. The molecule has 1 aromatic heterocycles. The van der Waals surface area contributed by atoms with E-state index in [0.29, 0.717) is 5.56 Å². The number of hydrogen-bond donors (Lipinski definition) is 0. The van der Waals surface area contributed by atoms with Gasteiger partial charge in [-0.25, -0.2) is 4.79 Å². The summed E-state index contributed by atoms with van der Waals surface area (Å²) in [5.74, 6) is -0.673. The Morgan fingerprint density at radius 3 is 2.46 bits per heavy atom. The van der Waals surface area contributed by atoms with Crippen LogP contribution in [0.15, 0.2) is 40.9 Å². The molecule has 0 atom stereocenters. The number of carbonyl (C=O) groups excluding carboxylic acids is 1. The first kappa shape index (κ1) is 19.7. The Labute approximate surface area is 168 Å². The monoisotopic (exact) mass is 422 g/mol. The maximum absolute atomic E-state index is 12.8. The Hall–Kier alpha value is -3.10. The van der Waals surface area contributed by atoms with Gasteiger partial charge in [-0.2, -0.15) is 0 Å². The number of non-ortho nitro benzene ring substituents is 1. The number of ether oxygens (including phenoxy) is 2. The Morgan fingerprint density at radius 1 is 1.18 bits per heavy atom. The summed E-state index contributed by atoms with van der Waals surface area (Å²) >= 11 is 12.4. The largest absolute Gasteiger partial charge is 0.493 e. The lowest BCUT2D eigenvalue weighted by Crippen LogP contribution is -2.11. The zero-order valence-electron chi connectivity index (χ0n) is 14.6. The number of halogens is 2. The average molecular weight is 423 g/mol. The number of rotatable bonds is 5. The fourth-order valence-electron chi connectivity index (χ4n) is 2.52. The van der Waals surface area contributed by atoms with Gasteiger partial charge in [0.25, 0.3) is 5.69 Å². The SMILES string of the molecule is COc1ccc([N+](=O)[O-])cc1OC(=O)c1c(-c2c(Cl)cccc2Cl)noc1C. The topological polar surface area (TPSA) is 105 Å². The number of carbonyl (C=O) groups is 1. The predicted octanol–water partition coefficient (Wildman–Crippen LogP) is 5.09. The van der Waals surface area contributed by atoms with Gasteiger partial charge in [0.15, 0.2) is 11.5 Å². The summed E-state index contributed by atoms with van der Waals surface area (Å²) in [6.07, 6.45) is 0. The maximum Gasteiger partial charge on any atom is 0.349 e. The minimum absolute atomic E-state index is 0.0106. The van der Waals surface area contributed by atoms with Crippen LogP contribution in [0.3, 0.4) is 0 Å². The number of methoxy groups -OCH3 is 1. The first-order valence-electron chi connectivity index (χ1n) is 7.78. The molecule has 3 aromatic rings. The van der Waals surface area contributed by atoms with Crippen LogP contribution in [0, 0.1) is 17.0 Å². The van der Waals surface area contributed by atoms with E-state index in [0.717, 1.165) is 6.07 Å². The predicted molar refractivity (Wildman–Crippen MR) is 101 cm³/mol. The van der Waals surface area contributed by atoms with Crippen molar-refractivity contribution < 1.29 is 23.7 Å². The Balaban J connectivity index is 2.05. The zero-order chi connectivity index (χ0) is 20.4. The number of nitro benzene ring substituents is 1. The third-order valence-corrected chi connectivity index (χ3v) is 4.46. The van der Waals surface area contributed by atoms with Crippen LogP contribution in [0.2, 0.25) is 10.0 Å². The summed E-state index contributed by atoms with van der Waals surface area (Å²) in [4.78, 5) is 23.2. The zero-order valence-corrected chi connectivity index (χ0v) is 16.1. The number of aromatic nitrogens is 1. The maximum atomic E-state index is 12.8. The molecule has 0 saturated heterocycles. The summed E-state index contributed by atoms with van der Waals surface area (Å²) in [6, 6.07) is 8.47. The molecule has 144 valence electrons. The third kappa shape index (κ3) is 3.64. The highest BCUT2D eigenvalue weighted by Crippen LogP contribution is 2.38. The van der Waals surface area contributed by atoms with Crippen LogP contribution < -0.4 is 9.47 Å². The molecule has 0 N–H and O–H groups in total. The van der Waals surface area contributed by atoms with Crippen molar-refractivity contribution in [1.82, 2.24) is 5.16 Å². The third-order valence-electron chi connectivity index (χ3n) is 3.83. The van der Waals surface area contributed by atoms with Gasteiger partial charge in [0.05, 0.1) is 28.1 Å². The molecule has 0 aliphatic carbocycles. The molecule has 3 rings (SSSR count). The molecule has 0 aliphatic heterocycles. The van der Waals surface area contributed by atoms with Crippen LogP contribution >= 0.6 is 23.2 Å². The van der Waals surface area contributed by atoms with Crippen LogP contribution in [-0.4, -0.2) is 23.2 Å². The molecule has 0 aliphatic rings. The summed E-state index contributed by atoms with van der Waals surface area (Å²) < 4.78 is 15.6. The normalized spacial score (nSPS) is 10.6. The first-order chi connectivity index (χ1) is 13.3.